The van der Waals surface area contributed by atoms with Gasteiger partial charge in [0.15, 0.2) is 0 Å². The molecule has 0 fully saturated rings. The smallest absolute Gasteiger partial charge is 0.128 e. The summed E-state index contributed by atoms with van der Waals surface area (Å²) in [5.74, 6) is 0. The maximum Gasteiger partial charge on any atom is 0.128 e. The van der Waals surface area contributed by atoms with E-state index in [0.717, 1.165) is 0 Å². The number of aromatic nitrogens is 3. The maximum absolute atomic E-state index is 9.81. The molecule has 1 aromatic heterocycles. The van der Waals surface area contributed by atoms with Crippen LogP contribution in [0.1, 0.15) is 11.8 Å². The average molecular weight is 265 g/mol. The summed E-state index contributed by atoms with van der Waals surface area (Å²) in [6.07, 6.45) is -3.08. The van der Waals surface area contributed by atoms with Gasteiger partial charge in [-0.05, 0) is 12.1 Å². The summed E-state index contributed by atoms with van der Waals surface area (Å²) < 4.78 is 0. The first kappa shape index (κ1) is 13.6. The minimum Gasteiger partial charge on any atom is -0.394 e. The van der Waals surface area contributed by atoms with Gasteiger partial charge in [0, 0.05) is 0 Å². The van der Waals surface area contributed by atoms with E-state index in [1.807, 2.05) is 18.2 Å². The predicted octanol–water partition coefficient (Wildman–Crippen LogP) is -0.985. The second kappa shape index (κ2) is 5.89. The number of hydrogen-bond donors (Lipinski definition) is 4. The van der Waals surface area contributed by atoms with Gasteiger partial charge in [-0.15, -0.1) is 0 Å². The summed E-state index contributed by atoms with van der Waals surface area (Å²) in [6.45, 7) is -0.648. The topological polar surface area (TPSA) is 112 Å². The van der Waals surface area contributed by atoms with Gasteiger partial charge in [0.05, 0.1) is 18.5 Å². The minimum absolute atomic E-state index is 0.115. The van der Waals surface area contributed by atoms with Crippen LogP contribution in [0.4, 0.5) is 0 Å². The molecule has 3 atom stereocenters. The molecule has 0 saturated carbocycles. The molecule has 7 heteroatoms. The number of benzene rings is 1. The Bertz CT molecular complexity index is 517. The zero-order chi connectivity index (χ0) is 13.8. The Morgan fingerprint density at radius 1 is 1.11 bits per heavy atom. The van der Waals surface area contributed by atoms with Crippen LogP contribution >= 0.6 is 0 Å². The molecule has 3 unspecified atom stereocenters. The average Bonchev–Trinajstić information content (AvgIpc) is 2.95. The first-order valence-electron chi connectivity index (χ1n) is 5.76. The lowest BCUT2D eigenvalue weighted by molar-refractivity contribution is -0.0790. The number of nitrogens with zero attached hydrogens (tertiary/aromatic N) is 3. The Hall–Kier alpha value is -1.80. The molecule has 1 heterocycles. The van der Waals surface area contributed by atoms with Crippen molar-refractivity contribution in [2.24, 2.45) is 0 Å². The van der Waals surface area contributed by atoms with Gasteiger partial charge in [0.2, 0.25) is 0 Å². The Balaban J connectivity index is 2.17. The van der Waals surface area contributed by atoms with Crippen LogP contribution in [0.3, 0.4) is 0 Å². The Labute approximate surface area is 109 Å². The maximum atomic E-state index is 9.81. The standard InChI is InChI=1S/C12H15N3O4/c16-7-10(17)12(19)11(18)9-6-13-15(14-9)8-4-2-1-3-5-8/h1-6,10-12,16-19H,7H2. The van der Waals surface area contributed by atoms with E-state index in [2.05, 4.69) is 10.2 Å². The first-order chi connectivity index (χ1) is 9.13. The molecule has 2 rings (SSSR count). The van der Waals surface area contributed by atoms with Crippen molar-refractivity contribution in [3.63, 3.8) is 0 Å². The Kier molecular flexibility index (Phi) is 4.23. The summed E-state index contributed by atoms with van der Waals surface area (Å²) in [5.41, 5.74) is 0.821. The third kappa shape index (κ3) is 2.96. The van der Waals surface area contributed by atoms with Crippen molar-refractivity contribution in [1.82, 2.24) is 15.0 Å². The van der Waals surface area contributed by atoms with E-state index in [1.165, 1.54) is 11.0 Å². The van der Waals surface area contributed by atoms with Gasteiger partial charge in [-0.1, -0.05) is 18.2 Å². The largest absolute Gasteiger partial charge is 0.394 e. The summed E-state index contributed by atoms with van der Waals surface area (Å²) >= 11 is 0. The van der Waals surface area contributed by atoms with Crippen molar-refractivity contribution in [2.75, 3.05) is 6.61 Å². The molecule has 0 aliphatic rings. The van der Waals surface area contributed by atoms with Crippen LogP contribution < -0.4 is 0 Å². The number of para-hydroxylation sites is 1. The van der Waals surface area contributed by atoms with Crippen LogP contribution in [0.2, 0.25) is 0 Å². The predicted molar refractivity (Wildman–Crippen MR) is 65.4 cm³/mol. The third-order valence-electron chi connectivity index (χ3n) is 2.70. The van der Waals surface area contributed by atoms with Crippen LogP contribution in [-0.4, -0.2) is 54.2 Å². The van der Waals surface area contributed by atoms with Crippen molar-refractivity contribution >= 4 is 0 Å². The molecule has 19 heavy (non-hydrogen) atoms. The van der Waals surface area contributed by atoms with Crippen LogP contribution in [0, 0.1) is 0 Å². The Morgan fingerprint density at radius 3 is 2.42 bits per heavy atom. The molecule has 1 aromatic carbocycles. The lowest BCUT2D eigenvalue weighted by Crippen LogP contribution is -2.34. The van der Waals surface area contributed by atoms with Gasteiger partial charge < -0.3 is 20.4 Å². The molecule has 0 aliphatic carbocycles. The van der Waals surface area contributed by atoms with Gasteiger partial charge in [-0.2, -0.15) is 15.0 Å². The number of aliphatic hydroxyl groups excluding tert-OH is 4. The highest BCUT2D eigenvalue weighted by Crippen LogP contribution is 2.17. The van der Waals surface area contributed by atoms with Crippen molar-refractivity contribution < 1.29 is 20.4 Å². The van der Waals surface area contributed by atoms with Gasteiger partial charge in [0.1, 0.15) is 24.0 Å². The quantitative estimate of drug-likeness (QED) is 0.552. The highest BCUT2D eigenvalue weighted by molar-refractivity contribution is 5.28. The van der Waals surface area contributed by atoms with Crippen LogP contribution in [-0.2, 0) is 0 Å². The van der Waals surface area contributed by atoms with Crippen molar-refractivity contribution in [3.8, 4) is 5.69 Å². The van der Waals surface area contributed by atoms with Crippen molar-refractivity contribution in [2.45, 2.75) is 18.3 Å². The zero-order valence-corrected chi connectivity index (χ0v) is 10.0. The van der Waals surface area contributed by atoms with E-state index < -0.39 is 24.9 Å². The zero-order valence-electron chi connectivity index (χ0n) is 10.0. The van der Waals surface area contributed by atoms with Gasteiger partial charge in [-0.3, -0.25) is 0 Å². The molecule has 102 valence electrons. The van der Waals surface area contributed by atoms with E-state index in [0.29, 0.717) is 5.69 Å². The minimum atomic E-state index is -1.52. The molecule has 4 N–H and O–H groups in total. The molecule has 0 aliphatic heterocycles. The third-order valence-corrected chi connectivity index (χ3v) is 2.70. The van der Waals surface area contributed by atoms with Crippen molar-refractivity contribution in [3.05, 3.63) is 42.2 Å². The molecular weight excluding hydrogens is 250 g/mol. The van der Waals surface area contributed by atoms with Crippen molar-refractivity contribution in [1.29, 1.82) is 0 Å². The lowest BCUT2D eigenvalue weighted by Gasteiger charge is -2.19. The highest BCUT2D eigenvalue weighted by Gasteiger charge is 2.27. The SMILES string of the molecule is OCC(O)C(O)C(O)c1cnn(-c2ccccc2)n1. The van der Waals surface area contributed by atoms with Gasteiger partial charge in [-0.25, -0.2) is 0 Å². The molecule has 0 amide bonds. The fraction of sp³-hybridized carbons (Fsp3) is 0.333. The summed E-state index contributed by atoms with van der Waals surface area (Å²) in [7, 11) is 0. The van der Waals surface area contributed by atoms with E-state index >= 15 is 0 Å². The Morgan fingerprint density at radius 2 is 1.79 bits per heavy atom. The van der Waals surface area contributed by atoms with Gasteiger partial charge in [0.25, 0.3) is 0 Å². The monoisotopic (exact) mass is 265 g/mol. The molecule has 0 saturated heterocycles. The second-order valence-corrected chi connectivity index (χ2v) is 4.08. The summed E-state index contributed by atoms with van der Waals surface area (Å²) in [4.78, 5) is 1.30. The fourth-order valence-electron chi connectivity index (χ4n) is 1.59. The molecule has 0 radical (unpaired) electrons. The second-order valence-electron chi connectivity index (χ2n) is 4.08. The normalized spacial score (nSPS) is 16.0. The number of aliphatic hydroxyl groups is 4. The number of rotatable bonds is 5. The van der Waals surface area contributed by atoms with E-state index in [-0.39, 0.29) is 5.69 Å². The highest BCUT2D eigenvalue weighted by atomic mass is 16.4. The summed E-state index contributed by atoms with van der Waals surface area (Å²) in [6, 6.07) is 9.06. The number of hydrogen-bond acceptors (Lipinski definition) is 6. The van der Waals surface area contributed by atoms with Crippen LogP contribution in [0.5, 0.6) is 0 Å². The van der Waals surface area contributed by atoms with Gasteiger partial charge >= 0.3 is 0 Å². The van der Waals surface area contributed by atoms with Crippen LogP contribution in [0.15, 0.2) is 36.5 Å². The molecule has 0 spiro atoms. The molecule has 7 nitrogen and oxygen atoms in total. The van der Waals surface area contributed by atoms with Crippen LogP contribution in [0.25, 0.3) is 5.69 Å². The molecule has 0 bridgehead atoms. The summed E-state index contributed by atoms with van der Waals surface area (Å²) in [5, 5.41) is 45.4. The molecule has 2 aromatic rings. The first-order valence-corrected chi connectivity index (χ1v) is 5.76. The lowest BCUT2D eigenvalue weighted by atomic mass is 10.1. The fourth-order valence-corrected chi connectivity index (χ4v) is 1.59. The van der Waals surface area contributed by atoms with E-state index in [4.69, 9.17) is 5.11 Å². The molecular formula is C12H15N3O4. The van der Waals surface area contributed by atoms with E-state index in [9.17, 15) is 15.3 Å². The van der Waals surface area contributed by atoms with E-state index in [1.54, 1.807) is 12.1 Å².